The van der Waals surface area contributed by atoms with Crippen LogP contribution in [0.3, 0.4) is 0 Å². The monoisotopic (exact) mass is 210 g/mol. The van der Waals surface area contributed by atoms with Crippen LogP contribution in [0.5, 0.6) is 0 Å². The second-order valence-electron chi connectivity index (χ2n) is 2.72. The summed E-state index contributed by atoms with van der Waals surface area (Å²) >= 11 is 0. The van der Waals surface area contributed by atoms with Gasteiger partial charge >= 0.3 is 6.16 Å². The zero-order valence-electron chi connectivity index (χ0n) is 8.38. The van der Waals surface area contributed by atoms with Gasteiger partial charge in [0.25, 0.3) is 0 Å². The van der Waals surface area contributed by atoms with Gasteiger partial charge in [0, 0.05) is 0 Å². The molecule has 2 unspecified atom stereocenters. The second-order valence-corrected chi connectivity index (χ2v) is 2.72. The molecule has 0 aromatic heterocycles. The zero-order valence-corrected chi connectivity index (χ0v) is 8.38. The minimum Gasteiger partial charge on any atom is -0.448 e. The first-order valence-corrected chi connectivity index (χ1v) is 4.38. The van der Waals surface area contributed by atoms with E-state index in [1.165, 1.54) is 0 Å². The fourth-order valence-electron chi connectivity index (χ4n) is 0.647. The summed E-state index contributed by atoms with van der Waals surface area (Å²) in [6, 6.07) is 0. The largest absolute Gasteiger partial charge is 0.537 e. The Balaban J connectivity index is 0. The van der Waals surface area contributed by atoms with E-state index < -0.39 is 6.16 Å². The number of hydrogen-bond acceptors (Lipinski definition) is 5. The molecular weight excluding hydrogens is 192 g/mol. The number of carboxylic acid groups (broad SMARTS) is 1. The summed E-state index contributed by atoms with van der Waals surface area (Å²) in [4.78, 5) is 11.6. The highest BCUT2D eigenvalue weighted by Crippen LogP contribution is 2.03. The topological polar surface area (TPSA) is 107 Å². The van der Waals surface area contributed by atoms with E-state index in [0.717, 1.165) is 12.8 Å². The number of aliphatic hydroxyl groups is 2. The standard InChI is InChI=1S/C7H16O2.CH2O4/c1-3-6(8)5-7(9)4-2;2-1(3)5-4/h6-9H,3-5H2,1-2H3;4H,(H,2,3). The van der Waals surface area contributed by atoms with Crippen LogP contribution in [-0.4, -0.2) is 38.9 Å². The first-order chi connectivity index (χ1) is 6.47. The van der Waals surface area contributed by atoms with E-state index in [4.69, 9.17) is 25.4 Å². The lowest BCUT2D eigenvalue weighted by Crippen LogP contribution is -2.15. The Bertz CT molecular complexity index is 130. The van der Waals surface area contributed by atoms with Crippen molar-refractivity contribution in [3.8, 4) is 0 Å². The summed E-state index contributed by atoms with van der Waals surface area (Å²) in [7, 11) is 0. The van der Waals surface area contributed by atoms with Crippen molar-refractivity contribution in [3.63, 3.8) is 0 Å². The third kappa shape index (κ3) is 13.7. The molecule has 14 heavy (non-hydrogen) atoms. The minimum atomic E-state index is -1.69. The Hall–Kier alpha value is -0.850. The predicted octanol–water partition coefficient (Wildman–Crippen LogP) is 1.07. The summed E-state index contributed by atoms with van der Waals surface area (Å²) in [5.41, 5.74) is 0. The van der Waals surface area contributed by atoms with Crippen molar-refractivity contribution in [2.24, 2.45) is 0 Å². The summed E-state index contributed by atoms with van der Waals surface area (Å²) in [6.07, 6.45) is -0.342. The second kappa shape index (κ2) is 10.2. The van der Waals surface area contributed by atoms with E-state index in [0.29, 0.717) is 6.42 Å². The fraction of sp³-hybridized carbons (Fsp3) is 0.875. The van der Waals surface area contributed by atoms with Gasteiger partial charge in [0.15, 0.2) is 0 Å². The van der Waals surface area contributed by atoms with Crippen molar-refractivity contribution in [3.05, 3.63) is 0 Å². The zero-order chi connectivity index (χ0) is 11.6. The van der Waals surface area contributed by atoms with Crippen molar-refractivity contribution in [2.75, 3.05) is 0 Å². The lowest BCUT2D eigenvalue weighted by atomic mass is 10.1. The van der Waals surface area contributed by atoms with Crippen LogP contribution < -0.4 is 0 Å². The molecule has 0 radical (unpaired) electrons. The van der Waals surface area contributed by atoms with Crippen LogP contribution in [0.4, 0.5) is 4.79 Å². The molecule has 6 heteroatoms. The lowest BCUT2D eigenvalue weighted by molar-refractivity contribution is -0.194. The SMILES string of the molecule is CCC(O)CC(O)CC.O=C(O)OO. The number of aliphatic hydroxyl groups excluding tert-OH is 2. The van der Waals surface area contributed by atoms with E-state index in [1.807, 2.05) is 13.8 Å². The Labute approximate surface area is 82.7 Å². The molecule has 0 spiro atoms. The molecule has 0 aliphatic heterocycles. The van der Waals surface area contributed by atoms with E-state index in [9.17, 15) is 0 Å². The maximum absolute atomic E-state index is 9.00. The van der Waals surface area contributed by atoms with Crippen molar-refractivity contribution in [1.29, 1.82) is 0 Å². The average molecular weight is 210 g/mol. The smallest absolute Gasteiger partial charge is 0.448 e. The lowest BCUT2D eigenvalue weighted by Gasteiger charge is -2.11. The van der Waals surface area contributed by atoms with Crippen LogP contribution in [0.1, 0.15) is 33.1 Å². The molecule has 4 N–H and O–H groups in total. The predicted molar refractivity (Wildman–Crippen MR) is 49.0 cm³/mol. The maximum atomic E-state index is 9.00. The maximum Gasteiger partial charge on any atom is 0.537 e. The molecule has 0 aliphatic carbocycles. The number of rotatable bonds is 4. The number of hydrogen-bond donors (Lipinski definition) is 4. The highest BCUT2D eigenvalue weighted by molar-refractivity contribution is 5.55. The minimum absolute atomic E-state index is 0.319. The first kappa shape index (κ1) is 15.6. The van der Waals surface area contributed by atoms with Gasteiger partial charge < -0.3 is 15.3 Å². The van der Waals surface area contributed by atoms with Crippen molar-refractivity contribution in [1.82, 2.24) is 0 Å². The molecule has 0 aromatic carbocycles. The molecule has 0 amide bonds. The Morgan fingerprint density at radius 3 is 1.64 bits per heavy atom. The van der Waals surface area contributed by atoms with E-state index in [2.05, 4.69) is 4.89 Å². The van der Waals surface area contributed by atoms with Gasteiger partial charge in [-0.2, -0.15) is 5.26 Å². The van der Waals surface area contributed by atoms with E-state index in [1.54, 1.807) is 0 Å². The van der Waals surface area contributed by atoms with Crippen LogP contribution >= 0.6 is 0 Å². The van der Waals surface area contributed by atoms with Gasteiger partial charge in [0.1, 0.15) is 0 Å². The summed E-state index contributed by atoms with van der Waals surface area (Å²) in [5.74, 6) is 0. The molecule has 6 nitrogen and oxygen atoms in total. The normalized spacial score (nSPS) is 13.5. The van der Waals surface area contributed by atoms with Crippen molar-refractivity contribution >= 4 is 6.16 Å². The molecule has 0 bridgehead atoms. The highest BCUT2D eigenvalue weighted by atomic mass is 17.1. The summed E-state index contributed by atoms with van der Waals surface area (Å²) < 4.78 is 0. The fourth-order valence-corrected chi connectivity index (χ4v) is 0.647. The van der Waals surface area contributed by atoms with Gasteiger partial charge in [-0.1, -0.05) is 13.8 Å². The third-order valence-corrected chi connectivity index (χ3v) is 1.56. The van der Waals surface area contributed by atoms with Crippen molar-refractivity contribution in [2.45, 2.75) is 45.3 Å². The molecule has 2 atom stereocenters. The van der Waals surface area contributed by atoms with Crippen LogP contribution in [0.2, 0.25) is 0 Å². The van der Waals surface area contributed by atoms with E-state index >= 15 is 0 Å². The quantitative estimate of drug-likeness (QED) is 0.408. The Morgan fingerprint density at radius 1 is 1.21 bits per heavy atom. The van der Waals surface area contributed by atoms with Crippen LogP contribution in [0.15, 0.2) is 0 Å². The molecule has 86 valence electrons. The molecule has 0 heterocycles. The van der Waals surface area contributed by atoms with Crippen molar-refractivity contribution < 1.29 is 30.3 Å². The van der Waals surface area contributed by atoms with Gasteiger partial charge in [-0.15, -0.1) is 0 Å². The summed E-state index contributed by atoms with van der Waals surface area (Å²) in [6.45, 7) is 3.82. The van der Waals surface area contributed by atoms with Gasteiger partial charge in [0.05, 0.1) is 12.2 Å². The molecule has 0 fully saturated rings. The third-order valence-electron chi connectivity index (χ3n) is 1.56. The highest BCUT2D eigenvalue weighted by Gasteiger charge is 2.06. The van der Waals surface area contributed by atoms with Gasteiger partial charge in [-0.05, 0) is 19.3 Å². The Morgan fingerprint density at radius 2 is 1.50 bits per heavy atom. The van der Waals surface area contributed by atoms with Gasteiger partial charge in [-0.25, -0.2) is 4.79 Å². The molecule has 0 aromatic rings. The molecule has 0 aliphatic rings. The Kier molecular flexibility index (Phi) is 11.4. The molecule has 0 saturated carbocycles. The van der Waals surface area contributed by atoms with Crippen LogP contribution in [0.25, 0.3) is 0 Å². The van der Waals surface area contributed by atoms with Gasteiger partial charge in [-0.3, -0.25) is 4.89 Å². The average Bonchev–Trinajstić information content (AvgIpc) is 2.18. The molecule has 0 saturated heterocycles. The summed E-state index contributed by atoms with van der Waals surface area (Å²) in [5, 5.41) is 32.3. The molecular formula is C8H18O6. The number of carbonyl (C=O) groups is 1. The van der Waals surface area contributed by atoms with Gasteiger partial charge in [0.2, 0.25) is 0 Å². The molecule has 0 rings (SSSR count). The van der Waals surface area contributed by atoms with Crippen LogP contribution in [0, 0.1) is 0 Å². The van der Waals surface area contributed by atoms with Crippen LogP contribution in [-0.2, 0) is 4.89 Å². The van der Waals surface area contributed by atoms with E-state index in [-0.39, 0.29) is 12.2 Å². The first-order valence-electron chi connectivity index (χ1n) is 4.38.